The highest BCUT2D eigenvalue weighted by Crippen LogP contribution is 2.43. The average molecular weight is 367 g/mol. The zero-order chi connectivity index (χ0) is 17.6. The highest BCUT2D eigenvalue weighted by atomic mass is 32.2. The molecule has 1 aromatic rings. The highest BCUT2D eigenvalue weighted by Gasteiger charge is 2.51. The monoisotopic (exact) mass is 367 g/mol. The third-order valence-electron chi connectivity index (χ3n) is 5.40. The van der Waals surface area contributed by atoms with E-state index in [4.69, 9.17) is 9.47 Å². The fourth-order valence-electron chi connectivity index (χ4n) is 4.28. The summed E-state index contributed by atoms with van der Waals surface area (Å²) in [6.45, 7) is 0.790. The molecular weight excluding hydrogens is 346 g/mol. The molecule has 25 heavy (non-hydrogen) atoms. The first kappa shape index (κ1) is 16.7. The van der Waals surface area contributed by atoms with Crippen LogP contribution in [0.4, 0.5) is 0 Å². The van der Waals surface area contributed by atoms with Gasteiger partial charge in [-0.05, 0) is 37.3 Å². The summed E-state index contributed by atoms with van der Waals surface area (Å²) in [5.41, 5.74) is 0. The SMILES string of the molecule is O=C(O)[C@@H]1C[C@H]2CCCC[C@H]2N1S(=O)(=O)c1ccc2c(c1)OCCO2. The summed E-state index contributed by atoms with van der Waals surface area (Å²) in [5.74, 6) is -0.0482. The van der Waals surface area contributed by atoms with Crippen molar-refractivity contribution in [2.45, 2.75) is 49.1 Å². The van der Waals surface area contributed by atoms with Gasteiger partial charge in [-0.15, -0.1) is 0 Å². The van der Waals surface area contributed by atoms with Gasteiger partial charge in [0.1, 0.15) is 19.3 Å². The molecule has 4 rings (SSSR count). The lowest BCUT2D eigenvalue weighted by atomic mass is 9.85. The van der Waals surface area contributed by atoms with Gasteiger partial charge in [0.15, 0.2) is 11.5 Å². The van der Waals surface area contributed by atoms with Crippen molar-refractivity contribution in [3.05, 3.63) is 18.2 Å². The van der Waals surface area contributed by atoms with Crippen molar-refractivity contribution in [2.24, 2.45) is 5.92 Å². The molecule has 136 valence electrons. The van der Waals surface area contributed by atoms with Crippen molar-refractivity contribution in [3.8, 4) is 11.5 Å². The molecule has 1 aromatic carbocycles. The Morgan fingerprint density at radius 1 is 1.12 bits per heavy atom. The van der Waals surface area contributed by atoms with E-state index in [1.165, 1.54) is 16.4 Å². The standard InChI is InChI=1S/C17H21NO6S/c19-17(20)14-9-11-3-1-2-4-13(11)18(14)25(21,22)12-5-6-15-16(10-12)24-8-7-23-15/h5-6,10-11,13-14H,1-4,7-9H2,(H,19,20)/t11-,13-,14+/m1/s1. The fourth-order valence-corrected chi connectivity index (χ4v) is 6.17. The summed E-state index contributed by atoms with van der Waals surface area (Å²) in [4.78, 5) is 11.8. The van der Waals surface area contributed by atoms with Crippen LogP contribution in [0.25, 0.3) is 0 Å². The van der Waals surface area contributed by atoms with E-state index in [9.17, 15) is 18.3 Å². The lowest BCUT2D eigenvalue weighted by Crippen LogP contribution is -2.46. The zero-order valence-electron chi connectivity index (χ0n) is 13.8. The molecule has 0 spiro atoms. The molecule has 2 heterocycles. The van der Waals surface area contributed by atoms with Gasteiger partial charge in [0.2, 0.25) is 10.0 Å². The Morgan fingerprint density at radius 2 is 1.84 bits per heavy atom. The van der Waals surface area contributed by atoms with Crippen LogP contribution in [0.3, 0.4) is 0 Å². The molecule has 1 N–H and O–H groups in total. The van der Waals surface area contributed by atoms with Crippen molar-refractivity contribution in [1.29, 1.82) is 0 Å². The van der Waals surface area contributed by atoms with Gasteiger partial charge in [0.05, 0.1) is 4.90 Å². The molecule has 2 aliphatic heterocycles. The molecule has 0 unspecified atom stereocenters. The third-order valence-corrected chi connectivity index (χ3v) is 7.33. The van der Waals surface area contributed by atoms with Crippen LogP contribution >= 0.6 is 0 Å². The largest absolute Gasteiger partial charge is 0.486 e. The molecule has 8 heteroatoms. The van der Waals surface area contributed by atoms with Gasteiger partial charge < -0.3 is 14.6 Å². The number of hydrogen-bond donors (Lipinski definition) is 1. The third kappa shape index (κ3) is 2.77. The van der Waals surface area contributed by atoms with Crippen molar-refractivity contribution in [2.75, 3.05) is 13.2 Å². The van der Waals surface area contributed by atoms with E-state index >= 15 is 0 Å². The summed E-state index contributed by atoms with van der Waals surface area (Å²) < 4.78 is 38.7. The summed E-state index contributed by atoms with van der Waals surface area (Å²) in [7, 11) is -3.92. The lowest BCUT2D eigenvalue weighted by Gasteiger charge is -2.32. The van der Waals surface area contributed by atoms with Gasteiger partial charge in [-0.3, -0.25) is 4.79 Å². The average Bonchev–Trinajstić information content (AvgIpc) is 3.02. The fraction of sp³-hybridized carbons (Fsp3) is 0.588. The summed E-state index contributed by atoms with van der Waals surface area (Å²) >= 11 is 0. The molecule has 3 aliphatic rings. The van der Waals surface area contributed by atoms with Crippen molar-refractivity contribution in [1.82, 2.24) is 4.31 Å². The minimum atomic E-state index is -3.92. The Kier molecular flexibility index (Phi) is 4.11. The molecular formula is C17H21NO6S. The van der Waals surface area contributed by atoms with Gasteiger partial charge in [-0.1, -0.05) is 12.8 Å². The van der Waals surface area contributed by atoms with Crippen LogP contribution in [-0.4, -0.2) is 49.1 Å². The van der Waals surface area contributed by atoms with Crippen LogP contribution < -0.4 is 9.47 Å². The topological polar surface area (TPSA) is 93.1 Å². The lowest BCUT2D eigenvalue weighted by molar-refractivity contribution is -0.141. The second-order valence-corrected chi connectivity index (χ2v) is 8.69. The zero-order valence-corrected chi connectivity index (χ0v) is 14.6. The van der Waals surface area contributed by atoms with Crippen molar-refractivity contribution >= 4 is 16.0 Å². The van der Waals surface area contributed by atoms with E-state index in [0.717, 1.165) is 25.7 Å². The number of fused-ring (bicyclic) bond motifs is 2. The number of carbonyl (C=O) groups is 1. The summed E-state index contributed by atoms with van der Waals surface area (Å²) in [5, 5.41) is 9.58. The Labute approximate surface area is 146 Å². The van der Waals surface area contributed by atoms with Crippen LogP contribution in [-0.2, 0) is 14.8 Å². The molecule has 7 nitrogen and oxygen atoms in total. The molecule has 3 atom stereocenters. The number of rotatable bonds is 3. The van der Waals surface area contributed by atoms with E-state index in [-0.39, 0.29) is 16.9 Å². The van der Waals surface area contributed by atoms with Gasteiger partial charge in [-0.25, -0.2) is 8.42 Å². The highest BCUT2D eigenvalue weighted by molar-refractivity contribution is 7.89. The Hall–Kier alpha value is -1.80. The Morgan fingerprint density at radius 3 is 2.60 bits per heavy atom. The second-order valence-electron chi connectivity index (χ2n) is 6.84. The molecule has 2 fully saturated rings. The van der Waals surface area contributed by atoms with Crippen molar-refractivity contribution < 1.29 is 27.8 Å². The molecule has 0 aromatic heterocycles. The molecule has 0 radical (unpaired) electrons. The van der Waals surface area contributed by atoms with Crippen LogP contribution in [0.2, 0.25) is 0 Å². The molecule has 1 saturated heterocycles. The number of hydrogen-bond acceptors (Lipinski definition) is 5. The van der Waals surface area contributed by atoms with Gasteiger partial charge in [-0.2, -0.15) is 4.31 Å². The van der Waals surface area contributed by atoms with Gasteiger partial charge >= 0.3 is 5.97 Å². The number of benzene rings is 1. The first-order valence-corrected chi connectivity index (χ1v) is 10.1. The van der Waals surface area contributed by atoms with Crippen LogP contribution in [0.5, 0.6) is 11.5 Å². The minimum absolute atomic E-state index is 0.0641. The number of carboxylic acids is 1. The molecule has 0 amide bonds. The number of carboxylic acid groups (broad SMARTS) is 1. The first-order chi connectivity index (χ1) is 12.0. The Balaban J connectivity index is 1.73. The molecule has 1 saturated carbocycles. The number of nitrogens with zero attached hydrogens (tertiary/aromatic N) is 1. The summed E-state index contributed by atoms with van der Waals surface area (Å²) in [6, 6.07) is 3.27. The van der Waals surface area contributed by atoms with E-state index < -0.39 is 22.0 Å². The Bertz CT molecular complexity index is 792. The van der Waals surface area contributed by atoms with Crippen LogP contribution in [0, 0.1) is 5.92 Å². The maximum Gasteiger partial charge on any atom is 0.322 e. The molecule has 0 bridgehead atoms. The van der Waals surface area contributed by atoms with Crippen molar-refractivity contribution in [3.63, 3.8) is 0 Å². The maximum atomic E-state index is 13.3. The quantitative estimate of drug-likeness (QED) is 0.877. The predicted molar refractivity (Wildman–Crippen MR) is 88.2 cm³/mol. The predicted octanol–water partition coefficient (Wildman–Crippen LogP) is 1.86. The smallest absolute Gasteiger partial charge is 0.322 e. The normalized spacial score (nSPS) is 29.2. The van der Waals surface area contributed by atoms with E-state index in [0.29, 0.717) is 31.1 Å². The number of ether oxygens (including phenoxy) is 2. The minimum Gasteiger partial charge on any atom is -0.486 e. The van der Waals surface area contributed by atoms with Crippen LogP contribution in [0.15, 0.2) is 23.1 Å². The molecule has 1 aliphatic carbocycles. The van der Waals surface area contributed by atoms with E-state index in [2.05, 4.69) is 0 Å². The first-order valence-electron chi connectivity index (χ1n) is 8.64. The van der Waals surface area contributed by atoms with Crippen LogP contribution in [0.1, 0.15) is 32.1 Å². The number of sulfonamides is 1. The maximum absolute atomic E-state index is 13.3. The van der Waals surface area contributed by atoms with Gasteiger partial charge in [0, 0.05) is 12.1 Å². The number of aliphatic carboxylic acids is 1. The second kappa shape index (κ2) is 6.17. The van der Waals surface area contributed by atoms with E-state index in [1.807, 2.05) is 0 Å². The van der Waals surface area contributed by atoms with E-state index in [1.54, 1.807) is 6.07 Å². The van der Waals surface area contributed by atoms with Gasteiger partial charge in [0.25, 0.3) is 0 Å². The summed E-state index contributed by atoms with van der Waals surface area (Å²) in [6.07, 6.45) is 3.97.